The van der Waals surface area contributed by atoms with Gasteiger partial charge >= 0.3 is 0 Å². The van der Waals surface area contributed by atoms with Crippen molar-refractivity contribution >= 4 is 16.6 Å². The SMILES string of the molecule is CC(=O)/C=C(/C)OCCc1ccccc1-c1c2ccccc2cc[n+]1C. The predicted octanol–water partition coefficient (Wildman–Crippen LogP) is 4.38. The number of nitrogens with zero attached hydrogens (tertiary/aromatic N) is 1. The lowest BCUT2D eigenvalue weighted by Gasteiger charge is -2.11. The van der Waals surface area contributed by atoms with E-state index < -0.39 is 0 Å². The minimum Gasteiger partial charge on any atom is -0.498 e. The average Bonchev–Trinajstić information content (AvgIpc) is 2.62. The van der Waals surface area contributed by atoms with Gasteiger partial charge in [0.1, 0.15) is 7.05 Å². The van der Waals surface area contributed by atoms with E-state index in [9.17, 15) is 4.79 Å². The topological polar surface area (TPSA) is 30.2 Å². The summed E-state index contributed by atoms with van der Waals surface area (Å²) in [7, 11) is 2.08. The fourth-order valence-corrected chi connectivity index (χ4v) is 3.27. The van der Waals surface area contributed by atoms with Gasteiger partial charge in [0.15, 0.2) is 12.0 Å². The Balaban J connectivity index is 1.94. The van der Waals surface area contributed by atoms with Gasteiger partial charge in [-0.3, -0.25) is 4.79 Å². The zero-order valence-corrected chi connectivity index (χ0v) is 15.5. The van der Waals surface area contributed by atoms with Gasteiger partial charge in [-0.25, -0.2) is 4.57 Å². The minimum atomic E-state index is 0.00526. The Bertz CT molecular complexity index is 973. The van der Waals surface area contributed by atoms with Crippen LogP contribution in [0.15, 0.2) is 72.6 Å². The third kappa shape index (κ3) is 3.99. The van der Waals surface area contributed by atoms with Crippen LogP contribution in [0.5, 0.6) is 0 Å². The summed E-state index contributed by atoms with van der Waals surface area (Å²) in [5, 5.41) is 2.46. The van der Waals surface area contributed by atoms with Crippen LogP contribution in [-0.4, -0.2) is 12.4 Å². The molecule has 0 aliphatic heterocycles. The highest BCUT2D eigenvalue weighted by Gasteiger charge is 2.17. The maximum absolute atomic E-state index is 11.1. The summed E-state index contributed by atoms with van der Waals surface area (Å²) in [5.74, 6) is 0.663. The Morgan fingerprint density at radius 2 is 1.77 bits per heavy atom. The number of hydrogen-bond donors (Lipinski definition) is 0. The van der Waals surface area contributed by atoms with Crippen LogP contribution in [0.2, 0.25) is 0 Å². The maximum atomic E-state index is 11.1. The molecule has 1 aromatic heterocycles. The number of carbonyl (C=O) groups is 1. The second kappa shape index (κ2) is 7.96. The Hall–Kier alpha value is -2.94. The molecule has 3 aromatic rings. The summed E-state index contributed by atoms with van der Waals surface area (Å²) in [5.41, 5.74) is 3.65. The summed E-state index contributed by atoms with van der Waals surface area (Å²) >= 11 is 0. The normalized spacial score (nSPS) is 11.6. The number of fused-ring (bicyclic) bond motifs is 1. The first kappa shape index (κ1) is 17.9. The maximum Gasteiger partial charge on any atom is 0.220 e. The van der Waals surface area contributed by atoms with E-state index in [0.717, 1.165) is 6.42 Å². The molecule has 0 saturated heterocycles. The second-order valence-corrected chi connectivity index (χ2v) is 6.48. The molecule has 3 rings (SSSR count). The summed E-state index contributed by atoms with van der Waals surface area (Å²) in [4.78, 5) is 11.1. The van der Waals surface area contributed by atoms with Gasteiger partial charge in [-0.2, -0.15) is 0 Å². The van der Waals surface area contributed by atoms with Crippen molar-refractivity contribution < 1.29 is 14.1 Å². The van der Waals surface area contributed by atoms with Gasteiger partial charge in [0.05, 0.1) is 23.3 Å². The summed E-state index contributed by atoms with van der Waals surface area (Å²) in [6.07, 6.45) is 4.41. The van der Waals surface area contributed by atoms with E-state index in [1.54, 1.807) is 0 Å². The van der Waals surface area contributed by atoms with Crippen molar-refractivity contribution in [2.45, 2.75) is 20.3 Å². The van der Waals surface area contributed by atoms with Gasteiger partial charge < -0.3 is 4.74 Å². The molecule has 0 unspecified atom stereocenters. The first-order chi connectivity index (χ1) is 12.6. The van der Waals surface area contributed by atoms with Crippen LogP contribution >= 0.6 is 0 Å². The van der Waals surface area contributed by atoms with Crippen LogP contribution in [0.25, 0.3) is 22.0 Å². The van der Waals surface area contributed by atoms with Gasteiger partial charge in [-0.15, -0.1) is 0 Å². The number of hydrogen-bond acceptors (Lipinski definition) is 2. The lowest BCUT2D eigenvalue weighted by Crippen LogP contribution is -2.30. The van der Waals surface area contributed by atoms with Crippen LogP contribution in [0, 0.1) is 0 Å². The van der Waals surface area contributed by atoms with E-state index >= 15 is 0 Å². The predicted molar refractivity (Wildman–Crippen MR) is 105 cm³/mol. The van der Waals surface area contributed by atoms with E-state index in [4.69, 9.17) is 4.74 Å². The average molecular weight is 346 g/mol. The molecule has 0 amide bonds. The number of ether oxygens (including phenoxy) is 1. The number of benzene rings is 2. The zero-order valence-electron chi connectivity index (χ0n) is 15.5. The molecule has 0 bridgehead atoms. The molecule has 0 aliphatic rings. The lowest BCUT2D eigenvalue weighted by atomic mass is 9.97. The zero-order chi connectivity index (χ0) is 18.5. The molecule has 132 valence electrons. The summed E-state index contributed by atoms with van der Waals surface area (Å²) in [6.45, 7) is 3.89. The lowest BCUT2D eigenvalue weighted by molar-refractivity contribution is -0.659. The Morgan fingerprint density at radius 3 is 2.58 bits per heavy atom. The van der Waals surface area contributed by atoms with E-state index in [0.29, 0.717) is 12.4 Å². The van der Waals surface area contributed by atoms with E-state index in [1.165, 1.54) is 40.6 Å². The number of aromatic nitrogens is 1. The van der Waals surface area contributed by atoms with Crippen molar-refractivity contribution in [3.63, 3.8) is 0 Å². The molecule has 26 heavy (non-hydrogen) atoms. The van der Waals surface area contributed by atoms with Gasteiger partial charge in [0.25, 0.3) is 0 Å². The van der Waals surface area contributed by atoms with Crippen LogP contribution in [0.3, 0.4) is 0 Å². The standard InChI is InChI=1S/C23H24NO2/c1-17(25)16-18(2)26-15-13-20-9-5-7-11-22(20)23-21-10-6-4-8-19(21)12-14-24(23)3/h4-12,14,16H,13,15H2,1-3H3/q+1/b18-16-. The third-order valence-electron chi connectivity index (χ3n) is 4.43. The Morgan fingerprint density at radius 1 is 1.04 bits per heavy atom. The fourth-order valence-electron chi connectivity index (χ4n) is 3.27. The molecule has 0 N–H and O–H groups in total. The second-order valence-electron chi connectivity index (χ2n) is 6.48. The molecule has 0 atom stereocenters. The van der Waals surface area contributed by atoms with Crippen molar-refractivity contribution in [3.05, 3.63) is 78.2 Å². The first-order valence-electron chi connectivity index (χ1n) is 8.83. The van der Waals surface area contributed by atoms with E-state index in [1.807, 2.05) is 6.92 Å². The Labute approximate surface area is 154 Å². The first-order valence-corrected chi connectivity index (χ1v) is 8.83. The van der Waals surface area contributed by atoms with Crippen LogP contribution in [0.4, 0.5) is 0 Å². The molecular weight excluding hydrogens is 322 g/mol. The highest BCUT2D eigenvalue weighted by molar-refractivity contribution is 5.93. The minimum absolute atomic E-state index is 0.00526. The van der Waals surface area contributed by atoms with Crippen LogP contribution in [-0.2, 0) is 23.0 Å². The third-order valence-corrected chi connectivity index (χ3v) is 4.43. The van der Waals surface area contributed by atoms with Gasteiger partial charge in [-0.1, -0.05) is 36.4 Å². The molecule has 0 fully saturated rings. The molecule has 0 aliphatic carbocycles. The van der Waals surface area contributed by atoms with Gasteiger partial charge in [0.2, 0.25) is 5.69 Å². The highest BCUT2D eigenvalue weighted by Crippen LogP contribution is 2.28. The van der Waals surface area contributed by atoms with Crippen molar-refractivity contribution in [2.75, 3.05) is 6.61 Å². The van der Waals surface area contributed by atoms with Crippen molar-refractivity contribution in [1.29, 1.82) is 0 Å². The molecule has 2 aromatic carbocycles. The smallest absolute Gasteiger partial charge is 0.220 e. The number of ketones is 1. The van der Waals surface area contributed by atoms with Crippen molar-refractivity contribution in [1.82, 2.24) is 0 Å². The number of aryl methyl sites for hydroxylation is 1. The Kier molecular flexibility index (Phi) is 5.47. The molecule has 1 heterocycles. The van der Waals surface area contributed by atoms with E-state index in [-0.39, 0.29) is 5.78 Å². The van der Waals surface area contributed by atoms with Gasteiger partial charge in [0, 0.05) is 18.6 Å². The van der Waals surface area contributed by atoms with Crippen LogP contribution < -0.4 is 4.57 Å². The largest absolute Gasteiger partial charge is 0.498 e. The number of carbonyl (C=O) groups excluding carboxylic acids is 1. The summed E-state index contributed by atoms with van der Waals surface area (Å²) < 4.78 is 7.87. The fraction of sp³-hybridized carbons (Fsp3) is 0.217. The molecular formula is C23H24NO2+. The van der Waals surface area contributed by atoms with E-state index in [2.05, 4.69) is 72.4 Å². The quantitative estimate of drug-likeness (QED) is 0.377. The molecule has 0 radical (unpaired) electrons. The number of allylic oxidation sites excluding steroid dienone is 2. The molecule has 3 nitrogen and oxygen atoms in total. The number of rotatable bonds is 6. The highest BCUT2D eigenvalue weighted by atomic mass is 16.5. The molecule has 0 spiro atoms. The molecule has 3 heteroatoms. The van der Waals surface area contributed by atoms with Crippen molar-refractivity contribution in [2.24, 2.45) is 7.05 Å². The van der Waals surface area contributed by atoms with Crippen molar-refractivity contribution in [3.8, 4) is 11.3 Å². The number of pyridine rings is 1. The summed E-state index contributed by atoms with van der Waals surface area (Å²) in [6, 6.07) is 19.0. The van der Waals surface area contributed by atoms with Gasteiger partial charge in [-0.05, 0) is 36.9 Å². The monoisotopic (exact) mass is 346 g/mol. The molecule has 0 saturated carbocycles. The van der Waals surface area contributed by atoms with Crippen LogP contribution in [0.1, 0.15) is 19.4 Å².